The first-order chi connectivity index (χ1) is 17.2. The fourth-order valence-corrected chi connectivity index (χ4v) is 7.82. The summed E-state index contributed by atoms with van der Waals surface area (Å²) in [6, 6.07) is 0. The quantitative estimate of drug-likeness (QED) is 0.529. The fraction of sp³-hybridized carbons (Fsp3) is 0.714. The molecule has 0 radical (unpaired) electrons. The molecule has 37 heavy (non-hydrogen) atoms. The van der Waals surface area contributed by atoms with Crippen LogP contribution in [0.1, 0.15) is 66.7 Å². The molecule has 0 aromatic carbocycles. The third-order valence-corrected chi connectivity index (χ3v) is 9.83. The standard InChI is InChI=1S/C28H36F2O7/c1-6-23(33)36-14-21(32)28(35)15(3)10-17-18-12-20(29)19-11-16(31)8-9-25(19,4)27(18,30)22(13-26(17,28)5)37-24(34)7-2/h8-9,11,15,17-18,20,22,35H,6-7,10,12-14H2,1-5H3/t15-,17-,18-,20-,22-,25-,26-,27-,28-/m0/s1. The number of hydrogen-bond acceptors (Lipinski definition) is 7. The monoisotopic (exact) mass is 522 g/mol. The smallest absolute Gasteiger partial charge is 0.305 e. The summed E-state index contributed by atoms with van der Waals surface area (Å²) in [5, 5.41) is 12.0. The van der Waals surface area contributed by atoms with Gasteiger partial charge in [0.25, 0.3) is 0 Å². The summed E-state index contributed by atoms with van der Waals surface area (Å²) in [6.07, 6.45) is 0.492. The van der Waals surface area contributed by atoms with Crippen LogP contribution in [0.4, 0.5) is 8.78 Å². The molecule has 0 aliphatic heterocycles. The molecular formula is C28H36F2O7. The van der Waals surface area contributed by atoms with E-state index < -0.39 is 82.2 Å². The number of halogens is 2. The number of aliphatic hydroxyl groups is 1. The van der Waals surface area contributed by atoms with E-state index in [1.54, 1.807) is 27.7 Å². The summed E-state index contributed by atoms with van der Waals surface area (Å²) in [7, 11) is 0. The predicted octanol–water partition coefficient (Wildman–Crippen LogP) is 3.77. The van der Waals surface area contributed by atoms with Gasteiger partial charge >= 0.3 is 11.9 Å². The molecule has 4 aliphatic rings. The second kappa shape index (κ2) is 9.10. The van der Waals surface area contributed by atoms with Gasteiger partial charge in [-0.1, -0.05) is 33.8 Å². The molecule has 3 saturated carbocycles. The molecule has 0 heterocycles. The van der Waals surface area contributed by atoms with Crippen LogP contribution < -0.4 is 0 Å². The topological polar surface area (TPSA) is 107 Å². The first kappa shape index (κ1) is 27.6. The van der Waals surface area contributed by atoms with Crippen molar-refractivity contribution in [3.8, 4) is 0 Å². The van der Waals surface area contributed by atoms with Gasteiger partial charge in [0.05, 0.1) is 0 Å². The number of ketones is 2. The van der Waals surface area contributed by atoms with Crippen LogP contribution in [0.15, 0.2) is 23.8 Å². The van der Waals surface area contributed by atoms with Crippen molar-refractivity contribution in [2.75, 3.05) is 6.61 Å². The number of ether oxygens (including phenoxy) is 2. The van der Waals surface area contributed by atoms with Crippen molar-refractivity contribution in [3.05, 3.63) is 23.8 Å². The van der Waals surface area contributed by atoms with Crippen molar-refractivity contribution >= 4 is 23.5 Å². The van der Waals surface area contributed by atoms with Gasteiger partial charge in [-0.2, -0.15) is 0 Å². The highest BCUT2D eigenvalue weighted by molar-refractivity contribution is 6.01. The van der Waals surface area contributed by atoms with Crippen LogP contribution in [0.5, 0.6) is 0 Å². The molecule has 9 atom stereocenters. The van der Waals surface area contributed by atoms with Crippen LogP contribution in [-0.2, 0) is 28.7 Å². The minimum Gasteiger partial charge on any atom is -0.459 e. The van der Waals surface area contributed by atoms with Crippen molar-refractivity contribution in [2.45, 2.75) is 90.3 Å². The van der Waals surface area contributed by atoms with Gasteiger partial charge < -0.3 is 14.6 Å². The number of hydrogen-bond donors (Lipinski definition) is 1. The molecule has 0 unspecified atom stereocenters. The maximum Gasteiger partial charge on any atom is 0.305 e. The number of esters is 2. The number of rotatable bonds is 6. The van der Waals surface area contributed by atoms with Gasteiger partial charge in [0.2, 0.25) is 5.78 Å². The van der Waals surface area contributed by atoms with Gasteiger partial charge in [-0.25, -0.2) is 8.78 Å². The molecule has 0 bridgehead atoms. The minimum absolute atomic E-state index is 0.0174. The number of Topliss-reactive ketones (excluding diaryl/α,β-unsaturated/α-hetero) is 1. The molecule has 7 nitrogen and oxygen atoms in total. The molecule has 0 aromatic heterocycles. The normalized spacial score (nSPS) is 44.3. The second-order valence-corrected chi connectivity index (χ2v) is 11.5. The lowest BCUT2D eigenvalue weighted by molar-refractivity contribution is -0.234. The van der Waals surface area contributed by atoms with Crippen LogP contribution in [0.2, 0.25) is 0 Å². The molecule has 3 fully saturated rings. The van der Waals surface area contributed by atoms with E-state index in [1.807, 2.05) is 0 Å². The Morgan fingerprint density at radius 3 is 2.38 bits per heavy atom. The molecule has 0 spiro atoms. The van der Waals surface area contributed by atoms with Gasteiger partial charge in [0.15, 0.2) is 18.1 Å². The van der Waals surface area contributed by atoms with E-state index in [-0.39, 0.29) is 37.7 Å². The summed E-state index contributed by atoms with van der Waals surface area (Å²) in [5.74, 6) is -4.69. The molecule has 0 saturated heterocycles. The lowest BCUT2D eigenvalue weighted by Gasteiger charge is -2.63. The Kier molecular flexibility index (Phi) is 6.79. The summed E-state index contributed by atoms with van der Waals surface area (Å²) in [5.41, 5.74) is -7.12. The zero-order valence-corrected chi connectivity index (χ0v) is 22.0. The van der Waals surface area contributed by atoms with Crippen LogP contribution in [-0.4, -0.2) is 58.8 Å². The molecule has 0 amide bonds. The minimum atomic E-state index is -2.28. The molecule has 4 aliphatic carbocycles. The Hall–Kier alpha value is -2.42. The lowest BCUT2D eigenvalue weighted by Crippen LogP contribution is -2.71. The van der Waals surface area contributed by atoms with Crippen LogP contribution in [0.25, 0.3) is 0 Å². The highest BCUT2D eigenvalue weighted by atomic mass is 19.1. The second-order valence-electron chi connectivity index (χ2n) is 11.5. The number of carbonyl (C=O) groups excluding carboxylic acids is 4. The van der Waals surface area contributed by atoms with Crippen LogP contribution >= 0.6 is 0 Å². The van der Waals surface area contributed by atoms with Gasteiger partial charge in [0, 0.05) is 29.6 Å². The Labute approximate surface area is 215 Å². The fourth-order valence-electron chi connectivity index (χ4n) is 7.82. The van der Waals surface area contributed by atoms with E-state index in [0.717, 1.165) is 6.08 Å². The molecule has 0 aromatic rings. The van der Waals surface area contributed by atoms with Crippen LogP contribution in [0.3, 0.4) is 0 Å². The highest BCUT2D eigenvalue weighted by Gasteiger charge is 2.77. The van der Waals surface area contributed by atoms with Crippen molar-refractivity contribution in [1.29, 1.82) is 0 Å². The molecule has 204 valence electrons. The summed E-state index contributed by atoms with van der Waals surface area (Å²) < 4.78 is 44.2. The van der Waals surface area contributed by atoms with Gasteiger partial charge in [0.1, 0.15) is 17.9 Å². The largest absolute Gasteiger partial charge is 0.459 e. The molecule has 1 N–H and O–H groups in total. The van der Waals surface area contributed by atoms with Crippen molar-refractivity contribution in [3.63, 3.8) is 0 Å². The molecule has 4 rings (SSSR count). The van der Waals surface area contributed by atoms with E-state index in [2.05, 4.69) is 0 Å². The average molecular weight is 523 g/mol. The average Bonchev–Trinajstić information content (AvgIpc) is 3.06. The van der Waals surface area contributed by atoms with Gasteiger partial charge in [-0.15, -0.1) is 0 Å². The molecular weight excluding hydrogens is 486 g/mol. The van der Waals surface area contributed by atoms with Crippen molar-refractivity contribution in [1.82, 2.24) is 0 Å². The van der Waals surface area contributed by atoms with Gasteiger partial charge in [-0.05, 0) is 55.7 Å². The maximum atomic E-state index is 17.8. The zero-order chi connectivity index (χ0) is 27.6. The lowest BCUT2D eigenvalue weighted by atomic mass is 9.44. The summed E-state index contributed by atoms with van der Waals surface area (Å²) >= 11 is 0. The van der Waals surface area contributed by atoms with E-state index >= 15 is 8.78 Å². The number of allylic oxidation sites excluding steroid dienone is 4. The van der Waals surface area contributed by atoms with Crippen molar-refractivity contribution in [2.24, 2.45) is 28.6 Å². The third-order valence-electron chi connectivity index (χ3n) is 9.83. The molecule has 9 heteroatoms. The van der Waals surface area contributed by atoms with Gasteiger partial charge in [-0.3, -0.25) is 19.2 Å². The Balaban J connectivity index is 1.84. The Bertz CT molecular complexity index is 1080. The highest BCUT2D eigenvalue weighted by Crippen LogP contribution is 2.71. The predicted molar refractivity (Wildman–Crippen MR) is 129 cm³/mol. The maximum absolute atomic E-state index is 17.8. The van der Waals surface area contributed by atoms with E-state index in [4.69, 9.17) is 9.47 Å². The third kappa shape index (κ3) is 3.67. The Morgan fingerprint density at radius 2 is 1.76 bits per heavy atom. The summed E-state index contributed by atoms with van der Waals surface area (Å²) in [6.45, 7) is 7.38. The number of fused-ring (bicyclic) bond motifs is 5. The SMILES string of the molecule is CCC(=O)OCC(=O)[C@@]1(O)[C@@H](C)C[C@H]2[C@@H]3C[C@H](F)C4=CC(=O)C=C[C@]4(C)[C@@]3(F)[C@@H](OC(=O)CC)C[C@@]21C. The first-order valence-electron chi connectivity index (χ1n) is 13.1. The Morgan fingerprint density at radius 1 is 1.11 bits per heavy atom. The first-order valence-corrected chi connectivity index (χ1v) is 13.1. The zero-order valence-electron chi connectivity index (χ0n) is 22.0. The number of alkyl halides is 2. The van der Waals surface area contributed by atoms with Crippen molar-refractivity contribution < 1.29 is 42.5 Å². The van der Waals surface area contributed by atoms with E-state index in [9.17, 15) is 24.3 Å². The van der Waals surface area contributed by atoms with Crippen LogP contribution in [0, 0.1) is 28.6 Å². The number of carbonyl (C=O) groups is 4. The summed E-state index contributed by atoms with van der Waals surface area (Å²) in [4.78, 5) is 49.7. The van der Waals surface area contributed by atoms with E-state index in [0.29, 0.717) is 0 Å². The van der Waals surface area contributed by atoms with E-state index in [1.165, 1.54) is 19.1 Å².